The fraction of sp³-hybridized carbons (Fsp3) is 0. The van der Waals surface area contributed by atoms with Crippen molar-refractivity contribution in [1.82, 2.24) is 9.97 Å². The smallest absolute Gasteiger partial charge is 0.227 e. The predicted octanol–water partition coefficient (Wildman–Crippen LogP) is 1.95. The van der Waals surface area contributed by atoms with Gasteiger partial charge in [0.15, 0.2) is 0 Å². The molecule has 0 spiro atoms. The summed E-state index contributed by atoms with van der Waals surface area (Å²) in [5.41, 5.74) is 0.859. The highest BCUT2D eigenvalue weighted by atomic mass is 32.2. The standard InChI is InChI=1S/C12H10N2O2S/c1-2-10-4-6-11(7-5-10)17(15,16)12-13-8-3-9-14-12/h2-9H,1H2. The van der Waals surface area contributed by atoms with Crippen molar-refractivity contribution in [3.05, 3.63) is 54.9 Å². The first-order valence-corrected chi connectivity index (χ1v) is 6.37. The average Bonchev–Trinajstić information content (AvgIpc) is 2.40. The Hall–Kier alpha value is -2.01. The van der Waals surface area contributed by atoms with E-state index in [1.54, 1.807) is 24.3 Å². The summed E-state index contributed by atoms with van der Waals surface area (Å²) in [6.45, 7) is 3.61. The van der Waals surface area contributed by atoms with E-state index in [1.165, 1.54) is 24.5 Å². The minimum Gasteiger partial charge on any atom is -0.227 e. The molecule has 0 unspecified atom stereocenters. The summed E-state index contributed by atoms with van der Waals surface area (Å²) < 4.78 is 24.2. The summed E-state index contributed by atoms with van der Waals surface area (Å²) >= 11 is 0. The first kappa shape index (κ1) is 11.5. The van der Waals surface area contributed by atoms with Gasteiger partial charge in [0.05, 0.1) is 4.90 Å². The lowest BCUT2D eigenvalue weighted by molar-refractivity contribution is 0.587. The molecule has 0 saturated carbocycles. The molecule has 17 heavy (non-hydrogen) atoms. The molecule has 0 amide bonds. The number of hydrogen-bond acceptors (Lipinski definition) is 4. The fourth-order valence-corrected chi connectivity index (χ4v) is 2.42. The molecule has 0 atom stereocenters. The van der Waals surface area contributed by atoms with Gasteiger partial charge in [0.2, 0.25) is 9.84 Å². The van der Waals surface area contributed by atoms with Gasteiger partial charge in [-0.05, 0) is 23.8 Å². The second-order valence-corrected chi connectivity index (χ2v) is 5.15. The van der Waals surface area contributed by atoms with Crippen molar-refractivity contribution < 1.29 is 8.42 Å². The van der Waals surface area contributed by atoms with E-state index in [0.717, 1.165) is 5.56 Å². The highest BCUT2D eigenvalue weighted by Crippen LogP contribution is 2.17. The lowest BCUT2D eigenvalue weighted by atomic mass is 10.2. The Morgan fingerprint density at radius 2 is 1.65 bits per heavy atom. The van der Waals surface area contributed by atoms with Crippen LogP contribution in [0.25, 0.3) is 6.08 Å². The summed E-state index contributed by atoms with van der Waals surface area (Å²) in [7, 11) is -3.62. The van der Waals surface area contributed by atoms with E-state index in [-0.39, 0.29) is 10.1 Å². The molecule has 0 aliphatic heterocycles. The van der Waals surface area contributed by atoms with Crippen LogP contribution >= 0.6 is 0 Å². The van der Waals surface area contributed by atoms with Crippen molar-refractivity contribution in [2.24, 2.45) is 0 Å². The van der Waals surface area contributed by atoms with Gasteiger partial charge in [0, 0.05) is 12.4 Å². The van der Waals surface area contributed by atoms with Crippen LogP contribution in [0.4, 0.5) is 0 Å². The first-order chi connectivity index (χ1) is 8.14. The zero-order valence-electron chi connectivity index (χ0n) is 8.95. The van der Waals surface area contributed by atoms with Gasteiger partial charge < -0.3 is 0 Å². The third kappa shape index (κ3) is 2.24. The number of hydrogen-bond donors (Lipinski definition) is 0. The summed E-state index contributed by atoms with van der Waals surface area (Å²) in [5, 5.41) is -0.189. The molecule has 0 radical (unpaired) electrons. The Kier molecular flexibility index (Phi) is 3.01. The molecule has 1 heterocycles. The molecule has 0 N–H and O–H groups in total. The Morgan fingerprint density at radius 3 is 2.18 bits per heavy atom. The first-order valence-electron chi connectivity index (χ1n) is 4.89. The molecule has 0 aliphatic rings. The van der Waals surface area contributed by atoms with Crippen LogP contribution in [0.1, 0.15) is 5.56 Å². The van der Waals surface area contributed by atoms with Gasteiger partial charge in [0.1, 0.15) is 0 Å². The van der Waals surface area contributed by atoms with Crippen LogP contribution in [0.5, 0.6) is 0 Å². The fourth-order valence-electron chi connectivity index (χ4n) is 1.31. The molecular formula is C12H10N2O2S. The molecule has 0 bridgehead atoms. The number of benzene rings is 1. The van der Waals surface area contributed by atoms with Crippen molar-refractivity contribution in [2.75, 3.05) is 0 Å². The van der Waals surface area contributed by atoms with Crippen LogP contribution < -0.4 is 0 Å². The van der Waals surface area contributed by atoms with Gasteiger partial charge in [-0.3, -0.25) is 0 Å². The molecule has 1 aromatic heterocycles. The highest BCUT2D eigenvalue weighted by molar-refractivity contribution is 7.91. The van der Waals surface area contributed by atoms with Crippen LogP contribution in [0.15, 0.2) is 59.4 Å². The average molecular weight is 246 g/mol. The minimum atomic E-state index is -3.62. The molecule has 0 saturated heterocycles. The van der Waals surface area contributed by atoms with Gasteiger partial charge in [0.25, 0.3) is 5.16 Å². The van der Waals surface area contributed by atoms with Crippen molar-refractivity contribution in [3.8, 4) is 0 Å². The van der Waals surface area contributed by atoms with Crippen LogP contribution in [0, 0.1) is 0 Å². The summed E-state index contributed by atoms with van der Waals surface area (Å²) in [5.74, 6) is 0. The topological polar surface area (TPSA) is 59.9 Å². The lowest BCUT2D eigenvalue weighted by Gasteiger charge is -2.02. The molecule has 5 heteroatoms. The maximum atomic E-state index is 12.1. The summed E-state index contributed by atoms with van der Waals surface area (Å²) in [6.07, 6.45) is 4.45. The molecule has 86 valence electrons. The van der Waals surface area contributed by atoms with Crippen LogP contribution in [-0.4, -0.2) is 18.4 Å². The highest BCUT2D eigenvalue weighted by Gasteiger charge is 2.19. The molecule has 0 fully saturated rings. The van der Waals surface area contributed by atoms with Gasteiger partial charge in [-0.2, -0.15) is 0 Å². The minimum absolute atomic E-state index is 0.175. The summed E-state index contributed by atoms with van der Waals surface area (Å²) in [4.78, 5) is 7.68. The molecule has 2 rings (SSSR count). The number of nitrogens with zero attached hydrogens (tertiary/aromatic N) is 2. The third-order valence-corrected chi connectivity index (χ3v) is 3.79. The van der Waals surface area contributed by atoms with E-state index < -0.39 is 9.84 Å². The van der Waals surface area contributed by atoms with Crippen molar-refractivity contribution in [3.63, 3.8) is 0 Å². The zero-order valence-corrected chi connectivity index (χ0v) is 9.76. The Labute approximate surface area is 99.6 Å². The van der Waals surface area contributed by atoms with E-state index in [2.05, 4.69) is 16.5 Å². The monoisotopic (exact) mass is 246 g/mol. The number of rotatable bonds is 3. The predicted molar refractivity (Wildman–Crippen MR) is 64.0 cm³/mol. The van der Waals surface area contributed by atoms with E-state index in [1.807, 2.05) is 0 Å². The Balaban J connectivity index is 2.49. The SMILES string of the molecule is C=Cc1ccc(S(=O)(=O)c2ncccn2)cc1. The van der Waals surface area contributed by atoms with E-state index in [0.29, 0.717) is 0 Å². The molecule has 4 nitrogen and oxygen atoms in total. The van der Waals surface area contributed by atoms with Crippen LogP contribution in [0.3, 0.4) is 0 Å². The Bertz CT molecular complexity index is 619. The third-order valence-electron chi connectivity index (χ3n) is 2.21. The van der Waals surface area contributed by atoms with Crippen LogP contribution in [0.2, 0.25) is 0 Å². The van der Waals surface area contributed by atoms with Crippen LogP contribution in [-0.2, 0) is 9.84 Å². The second-order valence-electron chi connectivity index (χ2n) is 3.31. The maximum absolute atomic E-state index is 12.1. The lowest BCUT2D eigenvalue weighted by Crippen LogP contribution is -2.06. The van der Waals surface area contributed by atoms with E-state index >= 15 is 0 Å². The molecule has 2 aromatic rings. The van der Waals surface area contributed by atoms with E-state index in [4.69, 9.17) is 0 Å². The maximum Gasteiger partial charge on any atom is 0.251 e. The van der Waals surface area contributed by atoms with Gasteiger partial charge in [-0.25, -0.2) is 18.4 Å². The largest absolute Gasteiger partial charge is 0.251 e. The van der Waals surface area contributed by atoms with E-state index in [9.17, 15) is 8.42 Å². The normalized spacial score (nSPS) is 11.1. The molecule has 0 aliphatic carbocycles. The second kappa shape index (κ2) is 4.47. The van der Waals surface area contributed by atoms with Gasteiger partial charge in [-0.1, -0.05) is 24.8 Å². The van der Waals surface area contributed by atoms with Crippen molar-refractivity contribution in [1.29, 1.82) is 0 Å². The summed E-state index contributed by atoms with van der Waals surface area (Å²) in [6, 6.07) is 7.97. The number of aromatic nitrogens is 2. The molecular weight excluding hydrogens is 236 g/mol. The van der Waals surface area contributed by atoms with Crippen molar-refractivity contribution >= 4 is 15.9 Å². The molecule has 1 aromatic carbocycles. The van der Waals surface area contributed by atoms with Crippen molar-refractivity contribution in [2.45, 2.75) is 10.1 Å². The quantitative estimate of drug-likeness (QED) is 0.777. The number of sulfone groups is 1. The zero-order chi connectivity index (χ0) is 12.3. The van der Waals surface area contributed by atoms with Gasteiger partial charge in [-0.15, -0.1) is 0 Å². The Morgan fingerprint density at radius 1 is 1.06 bits per heavy atom. The van der Waals surface area contributed by atoms with Gasteiger partial charge >= 0.3 is 0 Å².